The molecular formula is C24H17ClF3N5OS. The van der Waals surface area contributed by atoms with E-state index in [1.54, 1.807) is 30.3 Å². The molecular weight excluding hydrogens is 499 g/mol. The molecule has 1 amide bonds. The topological polar surface area (TPSA) is 83.1 Å². The van der Waals surface area contributed by atoms with Crippen molar-refractivity contribution < 1.29 is 18.0 Å². The van der Waals surface area contributed by atoms with Crippen LogP contribution in [0.3, 0.4) is 0 Å². The third-order valence-corrected chi connectivity index (χ3v) is 7.48. The van der Waals surface area contributed by atoms with Crippen LogP contribution in [-0.4, -0.2) is 20.5 Å². The third kappa shape index (κ3) is 4.15. The van der Waals surface area contributed by atoms with Gasteiger partial charge in [-0.25, -0.2) is 9.50 Å². The molecule has 0 radical (unpaired) electrons. The molecule has 3 heterocycles. The first kappa shape index (κ1) is 23.3. The summed E-state index contributed by atoms with van der Waals surface area (Å²) >= 11 is 7.66. The second-order valence-corrected chi connectivity index (χ2v) is 9.89. The highest BCUT2D eigenvalue weighted by Gasteiger charge is 2.37. The van der Waals surface area contributed by atoms with Crippen LogP contribution in [0, 0.1) is 17.2 Å². The number of hydrogen-bond donors (Lipinski definition) is 1. The zero-order chi connectivity index (χ0) is 24.9. The highest BCUT2D eigenvalue weighted by atomic mass is 35.5. The molecule has 1 aromatic carbocycles. The van der Waals surface area contributed by atoms with E-state index in [4.69, 9.17) is 11.6 Å². The zero-order valence-electron chi connectivity index (χ0n) is 18.3. The molecule has 3 aromatic heterocycles. The molecule has 1 atom stereocenters. The number of hydrogen-bond acceptors (Lipinski definition) is 5. The zero-order valence-corrected chi connectivity index (χ0v) is 19.9. The normalized spacial score (nSPS) is 15.6. The Bertz CT molecular complexity index is 1500. The molecule has 178 valence electrons. The number of halogens is 4. The fraction of sp³-hybridized carbons (Fsp3) is 0.250. The van der Waals surface area contributed by atoms with Gasteiger partial charge in [-0.3, -0.25) is 4.79 Å². The summed E-state index contributed by atoms with van der Waals surface area (Å²) < 4.78 is 42.2. The summed E-state index contributed by atoms with van der Waals surface area (Å²) in [6, 6.07) is 11.4. The smallest absolute Gasteiger partial charge is 0.311 e. The summed E-state index contributed by atoms with van der Waals surface area (Å²) in [6.07, 6.45) is -2.28. The highest BCUT2D eigenvalue weighted by molar-refractivity contribution is 7.16. The quantitative estimate of drug-likeness (QED) is 0.343. The first-order valence-corrected chi connectivity index (χ1v) is 11.9. The lowest BCUT2D eigenvalue weighted by Crippen LogP contribution is -2.16. The number of alkyl halides is 3. The lowest BCUT2D eigenvalue weighted by atomic mass is 9.89. The number of amides is 1. The average Bonchev–Trinajstić information content (AvgIpc) is 3.34. The molecule has 1 aliphatic rings. The Morgan fingerprint density at radius 2 is 2.06 bits per heavy atom. The van der Waals surface area contributed by atoms with Gasteiger partial charge in [0.1, 0.15) is 16.1 Å². The number of nitrogens with one attached hydrogen (secondary N) is 1. The molecule has 11 heteroatoms. The number of rotatable bonds is 3. The van der Waals surface area contributed by atoms with Gasteiger partial charge in [-0.05, 0) is 36.8 Å². The molecule has 0 saturated carbocycles. The molecule has 0 saturated heterocycles. The van der Waals surface area contributed by atoms with Crippen LogP contribution in [-0.2, 0) is 19.0 Å². The number of benzene rings is 1. The number of carbonyl (C=O) groups excluding carboxylic acids is 1. The van der Waals surface area contributed by atoms with Gasteiger partial charge >= 0.3 is 6.18 Å². The Balaban J connectivity index is 1.59. The fourth-order valence-corrected chi connectivity index (χ4v) is 5.82. The van der Waals surface area contributed by atoms with Gasteiger partial charge in [0.25, 0.3) is 5.91 Å². The van der Waals surface area contributed by atoms with Gasteiger partial charge in [0, 0.05) is 10.4 Å². The van der Waals surface area contributed by atoms with Crippen LogP contribution in [0.1, 0.15) is 45.5 Å². The monoisotopic (exact) mass is 515 g/mol. The van der Waals surface area contributed by atoms with Crippen molar-refractivity contribution in [3.05, 3.63) is 68.8 Å². The second kappa shape index (κ2) is 8.66. The predicted molar refractivity (Wildman–Crippen MR) is 127 cm³/mol. The number of carbonyl (C=O) groups is 1. The standard InChI is InChI=1S/C24H17ClF3N5OS/c1-12-7-8-14-15(11-29)23(35-17(14)9-12)31-22(34)20-19(25)21-30-16(13-5-3-2-4-6-13)10-18(24(26,27)28)33(21)32-20/h2-6,10,12H,7-9H2,1H3,(H,31,34). The highest BCUT2D eigenvalue weighted by Crippen LogP contribution is 2.40. The number of fused-ring (bicyclic) bond motifs is 2. The summed E-state index contributed by atoms with van der Waals surface area (Å²) in [4.78, 5) is 18.4. The van der Waals surface area contributed by atoms with Crippen molar-refractivity contribution >= 4 is 39.5 Å². The number of anilines is 1. The minimum absolute atomic E-state index is 0.0472. The number of thiophene rings is 1. The van der Waals surface area contributed by atoms with Crippen molar-refractivity contribution in [2.24, 2.45) is 5.92 Å². The van der Waals surface area contributed by atoms with E-state index in [0.717, 1.165) is 35.8 Å². The van der Waals surface area contributed by atoms with Crippen LogP contribution in [0.5, 0.6) is 0 Å². The van der Waals surface area contributed by atoms with Crippen LogP contribution in [0.15, 0.2) is 36.4 Å². The van der Waals surface area contributed by atoms with Crippen LogP contribution in [0.25, 0.3) is 16.9 Å². The molecule has 5 rings (SSSR count). The van der Waals surface area contributed by atoms with Crippen LogP contribution in [0.4, 0.5) is 18.2 Å². The van der Waals surface area contributed by atoms with E-state index in [1.807, 2.05) is 0 Å². The predicted octanol–water partition coefficient (Wildman–Crippen LogP) is 6.38. The first-order valence-electron chi connectivity index (χ1n) is 10.7. The molecule has 0 aliphatic heterocycles. The van der Waals surface area contributed by atoms with Gasteiger partial charge in [-0.2, -0.15) is 23.5 Å². The van der Waals surface area contributed by atoms with E-state index in [2.05, 4.69) is 28.4 Å². The van der Waals surface area contributed by atoms with E-state index in [1.165, 1.54) is 11.3 Å². The van der Waals surface area contributed by atoms with Gasteiger partial charge < -0.3 is 5.32 Å². The molecule has 0 spiro atoms. The average molecular weight is 516 g/mol. The van der Waals surface area contributed by atoms with E-state index in [-0.39, 0.29) is 16.4 Å². The minimum atomic E-state index is -4.77. The molecule has 4 aromatic rings. The van der Waals surface area contributed by atoms with Crippen molar-refractivity contribution in [3.63, 3.8) is 0 Å². The van der Waals surface area contributed by atoms with E-state index in [0.29, 0.717) is 26.6 Å². The van der Waals surface area contributed by atoms with Gasteiger partial charge in [-0.15, -0.1) is 11.3 Å². The summed E-state index contributed by atoms with van der Waals surface area (Å²) in [5.74, 6) is -0.340. The number of aromatic nitrogens is 3. The summed E-state index contributed by atoms with van der Waals surface area (Å²) in [5, 5.41) is 16.2. The van der Waals surface area contributed by atoms with E-state index < -0.39 is 23.5 Å². The van der Waals surface area contributed by atoms with Crippen molar-refractivity contribution in [1.82, 2.24) is 14.6 Å². The molecule has 35 heavy (non-hydrogen) atoms. The minimum Gasteiger partial charge on any atom is -0.311 e. The molecule has 0 fully saturated rings. The van der Waals surface area contributed by atoms with Gasteiger partial charge in [0.15, 0.2) is 17.0 Å². The molecule has 6 nitrogen and oxygen atoms in total. The Labute approximate surface area is 207 Å². The van der Waals surface area contributed by atoms with Gasteiger partial charge in [0.2, 0.25) is 0 Å². The largest absolute Gasteiger partial charge is 0.433 e. The van der Waals surface area contributed by atoms with E-state index in [9.17, 15) is 23.2 Å². The van der Waals surface area contributed by atoms with E-state index >= 15 is 0 Å². The lowest BCUT2D eigenvalue weighted by Gasteiger charge is -2.17. The fourth-order valence-electron chi connectivity index (χ4n) is 4.21. The van der Waals surface area contributed by atoms with Gasteiger partial charge in [-0.1, -0.05) is 48.9 Å². The van der Waals surface area contributed by atoms with Crippen molar-refractivity contribution in [1.29, 1.82) is 5.26 Å². The molecule has 0 bridgehead atoms. The Morgan fingerprint density at radius 3 is 2.74 bits per heavy atom. The Morgan fingerprint density at radius 1 is 1.31 bits per heavy atom. The van der Waals surface area contributed by atoms with Crippen LogP contribution >= 0.6 is 22.9 Å². The molecule has 1 aliphatic carbocycles. The van der Waals surface area contributed by atoms with Crippen LogP contribution < -0.4 is 5.32 Å². The SMILES string of the molecule is CC1CCc2c(sc(NC(=O)c3nn4c(C(F)(F)F)cc(-c5ccccc5)nc4c3Cl)c2C#N)C1. The number of nitriles is 1. The first-order chi connectivity index (χ1) is 16.7. The van der Waals surface area contributed by atoms with Crippen molar-refractivity contribution in [2.45, 2.75) is 32.4 Å². The number of nitrogens with zero attached hydrogens (tertiary/aromatic N) is 4. The maximum atomic E-state index is 13.9. The Hall–Kier alpha value is -3.42. The summed E-state index contributed by atoms with van der Waals surface area (Å²) in [7, 11) is 0. The van der Waals surface area contributed by atoms with Crippen molar-refractivity contribution in [2.75, 3.05) is 5.32 Å². The third-order valence-electron chi connectivity index (χ3n) is 5.96. The van der Waals surface area contributed by atoms with Gasteiger partial charge in [0.05, 0.1) is 11.3 Å². The second-order valence-electron chi connectivity index (χ2n) is 8.41. The summed E-state index contributed by atoms with van der Waals surface area (Å²) in [5.41, 5.74) is 0.00218. The maximum absolute atomic E-state index is 13.9. The Kier molecular flexibility index (Phi) is 5.77. The molecule has 1 unspecified atom stereocenters. The maximum Gasteiger partial charge on any atom is 0.433 e. The van der Waals surface area contributed by atoms with Crippen molar-refractivity contribution in [3.8, 4) is 17.3 Å². The van der Waals surface area contributed by atoms with Crippen LogP contribution in [0.2, 0.25) is 5.02 Å². The molecule has 1 N–H and O–H groups in total. The summed E-state index contributed by atoms with van der Waals surface area (Å²) in [6.45, 7) is 2.12. The lowest BCUT2D eigenvalue weighted by molar-refractivity contribution is -0.142.